The van der Waals surface area contributed by atoms with Gasteiger partial charge in [0.25, 0.3) is 0 Å². The van der Waals surface area contributed by atoms with Crippen LogP contribution in [0.1, 0.15) is 31.2 Å². The molecule has 1 spiro atoms. The maximum absolute atomic E-state index is 11.5. The third-order valence-corrected chi connectivity index (χ3v) is 7.70. The quantitative estimate of drug-likeness (QED) is 0.504. The molecule has 3 aliphatic rings. The van der Waals surface area contributed by atoms with E-state index in [9.17, 15) is 19.5 Å². The smallest absolute Gasteiger partial charge is 0.469 e. The third kappa shape index (κ3) is 4.12. The Morgan fingerprint density at radius 3 is 2.62 bits per heavy atom. The standard InChI is InChI=1S/C20H31N2O6P/c1-21-14-10-20-8-7-18(28-29(24,25)26)16(11-20)19(23)17(22(20)12-14)9-13-3-5-15(27-2)6-4-13/h3-6,14,16-19,21,23H,7-12H2,1-2H3,(H2,24,25,26)/t14-,16-,17-,18+,19-,20-/m1/s1. The van der Waals surface area contributed by atoms with Crippen LogP contribution in [0, 0.1) is 5.92 Å². The number of rotatable bonds is 6. The second-order valence-corrected chi connectivity index (χ2v) is 9.91. The summed E-state index contributed by atoms with van der Waals surface area (Å²) in [5, 5.41) is 14.7. The van der Waals surface area contributed by atoms with Gasteiger partial charge in [0.2, 0.25) is 0 Å². The lowest BCUT2D eigenvalue weighted by Crippen LogP contribution is -2.66. The molecule has 9 heteroatoms. The van der Waals surface area contributed by atoms with Crippen molar-refractivity contribution < 1.29 is 28.7 Å². The molecule has 2 aliphatic heterocycles. The van der Waals surface area contributed by atoms with E-state index in [0.29, 0.717) is 25.3 Å². The van der Waals surface area contributed by atoms with Crippen LogP contribution in [-0.2, 0) is 15.5 Å². The summed E-state index contributed by atoms with van der Waals surface area (Å²) in [6.07, 6.45) is 2.39. The molecule has 1 aliphatic carbocycles. The van der Waals surface area contributed by atoms with Crippen molar-refractivity contribution in [2.24, 2.45) is 5.92 Å². The topological polar surface area (TPSA) is 111 Å². The van der Waals surface area contributed by atoms with E-state index in [2.05, 4.69) is 10.2 Å². The number of phosphoric acid groups is 1. The highest BCUT2D eigenvalue weighted by Crippen LogP contribution is 2.54. The van der Waals surface area contributed by atoms with Crippen LogP contribution in [0.15, 0.2) is 24.3 Å². The van der Waals surface area contributed by atoms with Gasteiger partial charge in [-0.15, -0.1) is 0 Å². The summed E-state index contributed by atoms with van der Waals surface area (Å²) in [6.45, 7) is 0.866. The molecule has 0 amide bonds. The van der Waals surface area contributed by atoms with Gasteiger partial charge >= 0.3 is 7.82 Å². The number of likely N-dealkylation sites (N-methyl/N-ethyl adjacent to an activating group) is 1. The fourth-order valence-electron chi connectivity index (χ4n) is 5.85. The summed E-state index contributed by atoms with van der Waals surface area (Å²) in [5.41, 5.74) is 1.05. The first-order valence-electron chi connectivity index (χ1n) is 10.2. The summed E-state index contributed by atoms with van der Waals surface area (Å²) in [5.74, 6) is 0.504. The predicted molar refractivity (Wildman–Crippen MR) is 108 cm³/mol. The molecule has 3 fully saturated rings. The minimum absolute atomic E-state index is 0.0521. The summed E-state index contributed by atoms with van der Waals surface area (Å²) in [4.78, 5) is 21.1. The van der Waals surface area contributed by atoms with E-state index in [1.165, 1.54) is 0 Å². The van der Waals surface area contributed by atoms with Crippen LogP contribution in [-0.4, -0.2) is 70.3 Å². The molecule has 29 heavy (non-hydrogen) atoms. The molecule has 1 saturated carbocycles. The van der Waals surface area contributed by atoms with Gasteiger partial charge in [-0.25, -0.2) is 4.57 Å². The minimum Gasteiger partial charge on any atom is -0.497 e. The number of benzene rings is 1. The lowest BCUT2D eigenvalue weighted by atomic mass is 9.65. The molecule has 2 heterocycles. The fraction of sp³-hybridized carbons (Fsp3) is 0.700. The first-order chi connectivity index (χ1) is 13.7. The number of ether oxygens (including phenoxy) is 1. The molecule has 162 valence electrons. The zero-order valence-corrected chi connectivity index (χ0v) is 17.8. The highest BCUT2D eigenvalue weighted by Gasteiger charge is 2.59. The van der Waals surface area contributed by atoms with Crippen LogP contribution in [0.4, 0.5) is 0 Å². The van der Waals surface area contributed by atoms with Crippen LogP contribution < -0.4 is 10.1 Å². The Morgan fingerprint density at radius 2 is 2.00 bits per heavy atom. The van der Waals surface area contributed by atoms with Crippen LogP contribution >= 0.6 is 7.82 Å². The van der Waals surface area contributed by atoms with Crippen LogP contribution in [0.25, 0.3) is 0 Å². The summed E-state index contributed by atoms with van der Waals surface area (Å²) in [6, 6.07) is 8.08. The van der Waals surface area contributed by atoms with Crippen molar-refractivity contribution in [3.8, 4) is 5.75 Å². The minimum atomic E-state index is -4.60. The Labute approximate surface area is 171 Å². The number of piperidine rings is 1. The first-order valence-corrected chi connectivity index (χ1v) is 11.8. The molecule has 4 rings (SSSR count). The van der Waals surface area contributed by atoms with Crippen molar-refractivity contribution in [3.63, 3.8) is 0 Å². The molecular weight excluding hydrogens is 395 g/mol. The largest absolute Gasteiger partial charge is 0.497 e. The second kappa shape index (κ2) is 7.93. The zero-order chi connectivity index (χ0) is 20.8. The van der Waals surface area contributed by atoms with E-state index >= 15 is 0 Å². The van der Waals surface area contributed by atoms with E-state index in [0.717, 1.165) is 30.7 Å². The first kappa shape index (κ1) is 21.2. The molecule has 2 bridgehead atoms. The number of aliphatic hydroxyl groups excluding tert-OH is 1. The van der Waals surface area contributed by atoms with E-state index < -0.39 is 20.0 Å². The molecule has 2 saturated heterocycles. The third-order valence-electron chi connectivity index (χ3n) is 7.16. The Balaban J connectivity index is 1.62. The SMILES string of the molecule is CN[C@H]1CN2[C@H](Cc3ccc(OC)cc3)[C@H](O)[C@@H]3C[C@@]2(CC[C@@H]3OP(=O)(O)O)C1. The van der Waals surface area contributed by atoms with Crippen molar-refractivity contribution in [2.75, 3.05) is 20.7 Å². The Kier molecular flexibility index (Phi) is 5.81. The molecule has 1 aromatic carbocycles. The number of phosphoric ester groups is 1. The zero-order valence-electron chi connectivity index (χ0n) is 16.9. The van der Waals surface area contributed by atoms with Gasteiger partial charge in [-0.2, -0.15) is 0 Å². The number of fused-ring (bicyclic) bond motifs is 1. The van der Waals surface area contributed by atoms with E-state index in [1.54, 1.807) is 7.11 Å². The van der Waals surface area contributed by atoms with Gasteiger partial charge in [0, 0.05) is 30.1 Å². The van der Waals surface area contributed by atoms with Gasteiger partial charge in [-0.1, -0.05) is 12.1 Å². The van der Waals surface area contributed by atoms with E-state index in [1.807, 2.05) is 31.3 Å². The molecule has 8 nitrogen and oxygen atoms in total. The average Bonchev–Trinajstić information content (AvgIpc) is 3.05. The number of nitrogens with zero attached hydrogens (tertiary/aromatic N) is 1. The number of methoxy groups -OCH3 is 1. The lowest BCUT2D eigenvalue weighted by molar-refractivity contribution is -0.144. The van der Waals surface area contributed by atoms with Gasteiger partial charge < -0.3 is 24.9 Å². The highest BCUT2D eigenvalue weighted by atomic mass is 31.2. The highest BCUT2D eigenvalue weighted by molar-refractivity contribution is 7.46. The van der Waals surface area contributed by atoms with Crippen LogP contribution in [0.2, 0.25) is 0 Å². The van der Waals surface area contributed by atoms with Gasteiger partial charge in [-0.05, 0) is 56.8 Å². The summed E-state index contributed by atoms with van der Waals surface area (Å²) < 4.78 is 21.8. The van der Waals surface area contributed by atoms with E-state index in [4.69, 9.17) is 9.26 Å². The van der Waals surface area contributed by atoms with Crippen LogP contribution in [0.5, 0.6) is 5.75 Å². The van der Waals surface area contributed by atoms with Gasteiger partial charge in [-0.3, -0.25) is 9.42 Å². The van der Waals surface area contributed by atoms with Crippen LogP contribution in [0.3, 0.4) is 0 Å². The molecule has 0 aromatic heterocycles. The fourth-order valence-corrected chi connectivity index (χ4v) is 6.46. The summed E-state index contributed by atoms with van der Waals surface area (Å²) in [7, 11) is -1.00. The lowest BCUT2D eigenvalue weighted by Gasteiger charge is -2.57. The Bertz CT molecular complexity index is 771. The molecule has 0 radical (unpaired) electrons. The summed E-state index contributed by atoms with van der Waals surface area (Å²) >= 11 is 0. The van der Waals surface area contributed by atoms with Gasteiger partial charge in [0.15, 0.2) is 0 Å². The molecule has 6 atom stereocenters. The average molecular weight is 426 g/mol. The molecule has 4 N–H and O–H groups in total. The number of aliphatic hydroxyl groups is 1. The maximum Gasteiger partial charge on any atom is 0.469 e. The number of hydrogen-bond donors (Lipinski definition) is 4. The molecule has 1 aromatic rings. The Hall–Kier alpha value is -0.990. The monoisotopic (exact) mass is 426 g/mol. The second-order valence-electron chi connectivity index (χ2n) is 8.72. The van der Waals surface area contributed by atoms with Crippen molar-refractivity contribution in [1.82, 2.24) is 10.2 Å². The number of hydrogen-bond acceptors (Lipinski definition) is 6. The van der Waals surface area contributed by atoms with Crippen molar-refractivity contribution in [3.05, 3.63) is 29.8 Å². The predicted octanol–water partition coefficient (Wildman–Crippen LogP) is 1.29. The van der Waals surface area contributed by atoms with Crippen molar-refractivity contribution >= 4 is 7.82 Å². The van der Waals surface area contributed by atoms with E-state index in [-0.39, 0.29) is 17.5 Å². The Morgan fingerprint density at radius 1 is 1.28 bits per heavy atom. The molecule has 0 unspecified atom stereocenters. The maximum atomic E-state index is 11.5. The van der Waals surface area contributed by atoms with Gasteiger partial charge in [0.1, 0.15) is 5.75 Å². The number of nitrogens with one attached hydrogen (secondary N) is 1. The van der Waals surface area contributed by atoms with Crippen molar-refractivity contribution in [1.29, 1.82) is 0 Å². The molecular formula is C20H31N2O6P. The van der Waals surface area contributed by atoms with Gasteiger partial charge in [0.05, 0.1) is 19.3 Å². The normalized spacial score (nSPS) is 37.3. The van der Waals surface area contributed by atoms with Crippen molar-refractivity contribution in [2.45, 2.75) is 61.9 Å².